The summed E-state index contributed by atoms with van der Waals surface area (Å²) in [6, 6.07) is 0. The fourth-order valence-electron chi connectivity index (χ4n) is 5.82. The van der Waals surface area contributed by atoms with Gasteiger partial charge in [0.2, 0.25) is 0 Å². The first-order chi connectivity index (χ1) is 22.0. The number of methoxy groups -OCH3 is 1. The Bertz CT molecular complexity index is 736. The molecule has 0 heterocycles. The van der Waals surface area contributed by atoms with Crippen LogP contribution in [0.15, 0.2) is 0 Å². The van der Waals surface area contributed by atoms with E-state index in [2.05, 4.69) is 28.1 Å². The molecule has 1 amide bonds. The highest BCUT2D eigenvalue weighted by Gasteiger charge is 2.29. The molecule has 0 bridgehead atoms. The molecule has 0 saturated carbocycles. The number of amides is 1. The first-order valence-corrected chi connectivity index (χ1v) is 20.4. The van der Waals surface area contributed by atoms with Crippen LogP contribution in [0.3, 0.4) is 0 Å². The minimum atomic E-state index is -4.24. The standard InChI is InChI=1S/C36H75N2O7P/c1-6-7-8-9-10-11-12-13-14-15-16-17-18-21-24-27-30-34(45-36(37)39)35(42-5)33-44-46(40,41)43-32-29-26-23-20-19-22-25-28-31-38(2,3)4/h34-35H,6-33H2,1-5H3,(H2-,37,39,40,41)/p+1. The monoisotopic (exact) mass is 680 g/mol. The normalized spacial score (nSPS) is 14.7. The third-order valence-corrected chi connectivity index (χ3v) is 9.69. The van der Waals surface area contributed by atoms with Gasteiger partial charge >= 0.3 is 13.9 Å². The summed E-state index contributed by atoms with van der Waals surface area (Å²) in [5, 5.41) is 0. The van der Waals surface area contributed by atoms with E-state index in [-0.39, 0.29) is 13.2 Å². The fraction of sp³-hybridized carbons (Fsp3) is 0.972. The minimum absolute atomic E-state index is 0.162. The van der Waals surface area contributed by atoms with Crippen LogP contribution in [0.5, 0.6) is 0 Å². The van der Waals surface area contributed by atoms with Crippen LogP contribution in [0.4, 0.5) is 4.79 Å². The van der Waals surface area contributed by atoms with Crippen molar-refractivity contribution in [1.82, 2.24) is 0 Å². The summed E-state index contributed by atoms with van der Waals surface area (Å²) in [7, 11) is 3.91. The first-order valence-electron chi connectivity index (χ1n) is 18.9. The van der Waals surface area contributed by atoms with E-state index in [0.717, 1.165) is 36.6 Å². The van der Waals surface area contributed by atoms with Crippen LogP contribution in [0.25, 0.3) is 0 Å². The van der Waals surface area contributed by atoms with Crippen molar-refractivity contribution < 1.29 is 37.3 Å². The molecule has 0 spiro atoms. The van der Waals surface area contributed by atoms with Gasteiger partial charge in [-0.2, -0.15) is 0 Å². The minimum Gasteiger partial charge on any atom is -0.444 e. The second kappa shape index (κ2) is 30.4. The van der Waals surface area contributed by atoms with Gasteiger partial charge in [0.1, 0.15) is 12.2 Å². The molecule has 46 heavy (non-hydrogen) atoms. The molecule has 3 atom stereocenters. The van der Waals surface area contributed by atoms with E-state index in [1.54, 1.807) is 0 Å². The maximum atomic E-state index is 12.4. The van der Waals surface area contributed by atoms with Crippen LogP contribution in [-0.2, 0) is 23.1 Å². The number of rotatable bonds is 35. The molecule has 0 aromatic carbocycles. The summed E-state index contributed by atoms with van der Waals surface area (Å²) < 4.78 is 34.6. The van der Waals surface area contributed by atoms with Crippen molar-refractivity contribution in [3.8, 4) is 0 Å². The maximum absolute atomic E-state index is 12.4. The van der Waals surface area contributed by atoms with Gasteiger partial charge in [-0.05, 0) is 32.1 Å². The molecule has 9 nitrogen and oxygen atoms in total. The Hall–Kier alpha value is -0.700. The number of carbonyl (C=O) groups is 1. The van der Waals surface area contributed by atoms with Crippen molar-refractivity contribution in [2.24, 2.45) is 5.73 Å². The van der Waals surface area contributed by atoms with Gasteiger partial charge < -0.3 is 24.6 Å². The number of unbranched alkanes of at least 4 members (excludes halogenated alkanes) is 22. The molecular formula is C36H76N2O7P+. The van der Waals surface area contributed by atoms with Gasteiger partial charge in [-0.15, -0.1) is 0 Å². The van der Waals surface area contributed by atoms with Gasteiger partial charge in [-0.1, -0.05) is 135 Å². The van der Waals surface area contributed by atoms with Crippen molar-refractivity contribution in [1.29, 1.82) is 0 Å². The van der Waals surface area contributed by atoms with Gasteiger partial charge in [-0.25, -0.2) is 9.36 Å². The Kier molecular flexibility index (Phi) is 29.9. The molecule has 3 N–H and O–H groups in total. The molecule has 276 valence electrons. The Morgan fingerprint density at radius 3 is 1.48 bits per heavy atom. The van der Waals surface area contributed by atoms with Crippen molar-refractivity contribution in [3.63, 3.8) is 0 Å². The predicted octanol–water partition coefficient (Wildman–Crippen LogP) is 10.1. The number of nitrogens with two attached hydrogens (primary N) is 1. The molecule has 3 unspecified atom stereocenters. The topological polar surface area (TPSA) is 117 Å². The number of phosphoric ester groups is 1. The van der Waals surface area contributed by atoms with Crippen LogP contribution < -0.4 is 5.73 Å². The van der Waals surface area contributed by atoms with Gasteiger partial charge in [0.25, 0.3) is 0 Å². The maximum Gasteiger partial charge on any atom is 0.472 e. The van der Waals surface area contributed by atoms with E-state index in [1.165, 1.54) is 129 Å². The quantitative estimate of drug-likeness (QED) is 0.0389. The smallest absolute Gasteiger partial charge is 0.444 e. The number of phosphoric acid groups is 1. The summed E-state index contributed by atoms with van der Waals surface area (Å²) in [4.78, 5) is 21.7. The number of primary amides is 1. The van der Waals surface area contributed by atoms with E-state index in [9.17, 15) is 14.3 Å². The Morgan fingerprint density at radius 1 is 0.652 bits per heavy atom. The van der Waals surface area contributed by atoms with Gasteiger partial charge in [-0.3, -0.25) is 9.05 Å². The summed E-state index contributed by atoms with van der Waals surface area (Å²) in [6.07, 6.45) is 27.7. The van der Waals surface area contributed by atoms with Crippen LogP contribution in [0.1, 0.15) is 167 Å². The lowest BCUT2D eigenvalue weighted by molar-refractivity contribution is -0.870. The molecule has 0 saturated heterocycles. The molecule has 0 aliphatic rings. The van der Waals surface area contributed by atoms with E-state index >= 15 is 0 Å². The molecule has 0 radical (unpaired) electrons. The number of hydrogen-bond donors (Lipinski definition) is 2. The molecule has 0 aliphatic carbocycles. The van der Waals surface area contributed by atoms with Crippen molar-refractivity contribution in [2.45, 2.75) is 180 Å². The zero-order chi connectivity index (χ0) is 34.4. The third-order valence-electron chi connectivity index (χ3n) is 8.71. The Labute approximate surface area is 284 Å². The summed E-state index contributed by atoms with van der Waals surface area (Å²) in [6.45, 7) is 3.41. The lowest BCUT2D eigenvalue weighted by atomic mass is 10.0. The zero-order valence-corrected chi connectivity index (χ0v) is 31.7. The number of nitrogens with zero attached hydrogens (tertiary/aromatic N) is 1. The van der Waals surface area contributed by atoms with Gasteiger partial charge in [0, 0.05) is 7.11 Å². The van der Waals surface area contributed by atoms with Gasteiger partial charge in [0.15, 0.2) is 0 Å². The lowest BCUT2D eigenvalue weighted by Crippen LogP contribution is -2.37. The van der Waals surface area contributed by atoms with Crippen LogP contribution in [-0.4, -0.2) is 75.7 Å². The molecule has 0 aliphatic heterocycles. The average molecular weight is 680 g/mol. The zero-order valence-electron chi connectivity index (χ0n) is 30.8. The molecular weight excluding hydrogens is 603 g/mol. The number of carbonyl (C=O) groups excluding carboxylic acids is 1. The average Bonchev–Trinajstić information content (AvgIpc) is 2.98. The second-order valence-electron chi connectivity index (χ2n) is 14.3. The largest absolute Gasteiger partial charge is 0.472 e. The molecule has 0 rings (SSSR count). The fourth-order valence-corrected chi connectivity index (χ4v) is 6.59. The van der Waals surface area contributed by atoms with Crippen LogP contribution in [0, 0.1) is 0 Å². The van der Waals surface area contributed by atoms with Crippen molar-refractivity contribution >= 4 is 13.9 Å². The van der Waals surface area contributed by atoms with E-state index in [4.69, 9.17) is 24.3 Å². The highest BCUT2D eigenvalue weighted by Crippen LogP contribution is 2.43. The van der Waals surface area contributed by atoms with E-state index in [1.807, 2.05) is 0 Å². The number of hydrogen-bond acceptors (Lipinski definition) is 6. The van der Waals surface area contributed by atoms with Crippen LogP contribution in [0.2, 0.25) is 0 Å². The van der Waals surface area contributed by atoms with Gasteiger partial charge in [0.05, 0.1) is 40.9 Å². The van der Waals surface area contributed by atoms with Crippen molar-refractivity contribution in [3.05, 3.63) is 0 Å². The molecule has 0 aromatic heterocycles. The van der Waals surface area contributed by atoms with Crippen molar-refractivity contribution in [2.75, 3.05) is 48.0 Å². The summed E-state index contributed by atoms with van der Waals surface area (Å²) in [5.41, 5.74) is 5.30. The Balaban J connectivity index is 4.01. The lowest BCUT2D eigenvalue weighted by Gasteiger charge is -2.26. The van der Waals surface area contributed by atoms with E-state index in [0.29, 0.717) is 12.8 Å². The predicted molar refractivity (Wildman–Crippen MR) is 191 cm³/mol. The number of quaternary nitrogens is 1. The van der Waals surface area contributed by atoms with Crippen LogP contribution >= 0.6 is 7.82 Å². The third kappa shape index (κ3) is 31.9. The number of ether oxygens (including phenoxy) is 2. The second-order valence-corrected chi connectivity index (χ2v) is 15.7. The summed E-state index contributed by atoms with van der Waals surface area (Å²) in [5.74, 6) is 0. The first kappa shape index (κ1) is 45.3. The van der Waals surface area contributed by atoms with E-state index < -0.39 is 26.1 Å². The summed E-state index contributed by atoms with van der Waals surface area (Å²) >= 11 is 0. The highest BCUT2D eigenvalue weighted by atomic mass is 31.2. The SMILES string of the molecule is CCCCCCCCCCCCCCCCCCC(OC(N)=O)C(COP(=O)(O)OCCCCCCCCCC[N+](C)(C)C)OC. The highest BCUT2D eigenvalue weighted by molar-refractivity contribution is 7.47. The molecule has 10 heteroatoms. The molecule has 0 aromatic rings. The Morgan fingerprint density at radius 2 is 1.07 bits per heavy atom. The molecule has 0 fully saturated rings.